The summed E-state index contributed by atoms with van der Waals surface area (Å²) in [4.78, 5) is 24.8. The topological polar surface area (TPSA) is 73.2 Å². The van der Waals surface area contributed by atoms with E-state index >= 15 is 0 Å². The predicted molar refractivity (Wildman–Crippen MR) is 98.4 cm³/mol. The van der Waals surface area contributed by atoms with Gasteiger partial charge in [0.05, 0.1) is 5.69 Å². The number of para-hydroxylation sites is 1. The number of ether oxygens (including phenoxy) is 1. The quantitative estimate of drug-likeness (QED) is 0.856. The molecule has 3 rings (SSSR count). The second kappa shape index (κ2) is 6.94. The van der Waals surface area contributed by atoms with Crippen LogP contribution in [-0.2, 0) is 22.4 Å². The van der Waals surface area contributed by atoms with Gasteiger partial charge in [0.1, 0.15) is 0 Å². The van der Waals surface area contributed by atoms with Gasteiger partial charge >= 0.3 is 5.97 Å². The van der Waals surface area contributed by atoms with Crippen LogP contribution in [0.4, 0.5) is 0 Å². The maximum absolute atomic E-state index is 12.7. The second-order valence-electron chi connectivity index (χ2n) is 7.66. The summed E-state index contributed by atoms with van der Waals surface area (Å²) in [6, 6.07) is 9.74. The van der Waals surface area contributed by atoms with E-state index in [1.807, 2.05) is 55.8 Å². The van der Waals surface area contributed by atoms with Gasteiger partial charge in [-0.15, -0.1) is 0 Å². The fraction of sp³-hybridized carbons (Fsp3) is 0.450. The molecule has 1 aliphatic rings. The lowest BCUT2D eigenvalue weighted by Crippen LogP contribution is -2.46. The lowest BCUT2D eigenvalue weighted by molar-refractivity contribution is -0.130. The van der Waals surface area contributed by atoms with Crippen molar-refractivity contribution in [2.45, 2.75) is 58.6 Å². The molecule has 0 saturated heterocycles. The van der Waals surface area contributed by atoms with Crippen molar-refractivity contribution < 1.29 is 14.3 Å². The molecule has 0 spiro atoms. The molecule has 1 amide bonds. The van der Waals surface area contributed by atoms with Crippen LogP contribution in [0.25, 0.3) is 5.69 Å². The number of fused-ring (bicyclic) bond motifs is 1. The fourth-order valence-corrected chi connectivity index (χ4v) is 3.13. The highest BCUT2D eigenvalue weighted by Crippen LogP contribution is 2.28. The molecule has 1 aromatic carbocycles. The third-order valence-corrected chi connectivity index (χ3v) is 4.28. The molecule has 0 saturated carbocycles. The maximum atomic E-state index is 12.7. The van der Waals surface area contributed by atoms with Gasteiger partial charge in [0, 0.05) is 16.8 Å². The minimum absolute atomic E-state index is 0.315. The lowest BCUT2D eigenvalue weighted by atomic mass is 10.1. The van der Waals surface area contributed by atoms with Crippen molar-refractivity contribution in [2.75, 3.05) is 0 Å². The number of amides is 1. The van der Waals surface area contributed by atoms with E-state index in [1.165, 1.54) is 0 Å². The van der Waals surface area contributed by atoms with Gasteiger partial charge in [0.15, 0.2) is 11.8 Å². The van der Waals surface area contributed by atoms with Gasteiger partial charge in [-0.25, -0.2) is 9.48 Å². The normalized spacial score (nSPS) is 14.6. The van der Waals surface area contributed by atoms with Crippen LogP contribution in [-0.4, -0.2) is 33.3 Å². The zero-order valence-corrected chi connectivity index (χ0v) is 15.7. The lowest BCUT2D eigenvalue weighted by Gasteiger charge is -2.23. The highest BCUT2D eigenvalue weighted by Gasteiger charge is 2.30. The van der Waals surface area contributed by atoms with Crippen LogP contribution in [0, 0.1) is 0 Å². The van der Waals surface area contributed by atoms with Crippen molar-refractivity contribution in [1.29, 1.82) is 0 Å². The molecule has 1 atom stereocenters. The summed E-state index contributed by atoms with van der Waals surface area (Å²) in [6.07, 6.45) is 1.79. The number of esters is 1. The number of benzene rings is 1. The van der Waals surface area contributed by atoms with Gasteiger partial charge in [0.2, 0.25) is 0 Å². The Bertz CT molecular complexity index is 819. The molecule has 0 radical (unpaired) electrons. The van der Waals surface area contributed by atoms with Gasteiger partial charge in [-0.05, 0) is 59.1 Å². The zero-order valence-electron chi connectivity index (χ0n) is 15.7. The number of rotatable bonds is 4. The van der Waals surface area contributed by atoms with E-state index in [9.17, 15) is 9.59 Å². The monoisotopic (exact) mass is 355 g/mol. The summed E-state index contributed by atoms with van der Waals surface area (Å²) >= 11 is 0. The molecule has 0 bridgehead atoms. The molecule has 6 nitrogen and oxygen atoms in total. The second-order valence-corrected chi connectivity index (χ2v) is 7.66. The maximum Gasteiger partial charge on any atom is 0.359 e. The van der Waals surface area contributed by atoms with Crippen molar-refractivity contribution in [2.24, 2.45) is 0 Å². The van der Waals surface area contributed by atoms with Gasteiger partial charge < -0.3 is 10.1 Å². The van der Waals surface area contributed by atoms with E-state index in [0.717, 1.165) is 36.2 Å². The van der Waals surface area contributed by atoms with E-state index in [4.69, 9.17) is 4.74 Å². The first-order chi connectivity index (χ1) is 12.3. The smallest absolute Gasteiger partial charge is 0.359 e. The Kier molecular flexibility index (Phi) is 4.85. The molecular formula is C20H25N3O3. The van der Waals surface area contributed by atoms with Gasteiger partial charge in [0.25, 0.3) is 5.91 Å². The van der Waals surface area contributed by atoms with Crippen molar-refractivity contribution in [3.63, 3.8) is 0 Å². The Hall–Kier alpha value is -2.63. The first-order valence-corrected chi connectivity index (χ1v) is 8.95. The molecule has 2 aromatic rings. The van der Waals surface area contributed by atoms with Crippen LogP contribution in [0.3, 0.4) is 0 Å². The average molecular weight is 355 g/mol. The largest absolute Gasteiger partial charge is 0.448 e. The van der Waals surface area contributed by atoms with E-state index in [2.05, 4.69) is 10.4 Å². The van der Waals surface area contributed by atoms with Crippen LogP contribution in [0.1, 0.15) is 55.9 Å². The van der Waals surface area contributed by atoms with Crippen molar-refractivity contribution in [1.82, 2.24) is 15.1 Å². The van der Waals surface area contributed by atoms with Crippen molar-refractivity contribution in [3.05, 3.63) is 47.3 Å². The van der Waals surface area contributed by atoms with Gasteiger partial charge in [-0.3, -0.25) is 4.79 Å². The molecule has 26 heavy (non-hydrogen) atoms. The van der Waals surface area contributed by atoms with E-state index in [-0.39, 0.29) is 11.4 Å². The zero-order chi connectivity index (χ0) is 18.9. The third kappa shape index (κ3) is 3.79. The average Bonchev–Trinajstić information content (AvgIpc) is 3.16. The van der Waals surface area contributed by atoms with Crippen LogP contribution in [0.2, 0.25) is 0 Å². The number of aromatic nitrogens is 2. The molecule has 6 heteroatoms. The van der Waals surface area contributed by atoms with Crippen LogP contribution < -0.4 is 5.32 Å². The summed E-state index contributed by atoms with van der Waals surface area (Å²) in [5.41, 5.74) is 2.84. The number of hydrogen-bond acceptors (Lipinski definition) is 4. The molecule has 0 unspecified atom stereocenters. The number of hydrogen-bond donors (Lipinski definition) is 1. The molecule has 0 aliphatic heterocycles. The summed E-state index contributed by atoms with van der Waals surface area (Å²) < 4.78 is 7.21. The van der Waals surface area contributed by atoms with E-state index in [1.54, 1.807) is 6.92 Å². The predicted octanol–water partition coefficient (Wildman–Crippen LogP) is 2.82. The van der Waals surface area contributed by atoms with Crippen LogP contribution in [0.5, 0.6) is 0 Å². The SMILES string of the molecule is C[C@H](OC(=O)c1nn(-c2ccccc2)c2c1CCC2)C(=O)NC(C)(C)C. The molecule has 1 aliphatic carbocycles. The Morgan fingerprint density at radius 2 is 1.88 bits per heavy atom. The summed E-state index contributed by atoms with van der Waals surface area (Å²) in [6.45, 7) is 7.23. The molecule has 0 fully saturated rings. The molecule has 1 aromatic heterocycles. The van der Waals surface area contributed by atoms with Crippen molar-refractivity contribution >= 4 is 11.9 Å². The Balaban J connectivity index is 1.82. The Morgan fingerprint density at radius 3 is 2.54 bits per heavy atom. The molecule has 1 N–H and O–H groups in total. The van der Waals surface area contributed by atoms with E-state index in [0.29, 0.717) is 5.69 Å². The standard InChI is InChI=1S/C20H25N3O3/c1-13(18(24)21-20(2,3)4)26-19(25)17-15-11-8-12-16(15)23(22-17)14-9-6-5-7-10-14/h5-7,9-10,13H,8,11-12H2,1-4H3,(H,21,24)/t13-/m0/s1. The number of carbonyl (C=O) groups excluding carboxylic acids is 2. The van der Waals surface area contributed by atoms with Gasteiger partial charge in [-0.2, -0.15) is 5.10 Å². The summed E-state index contributed by atoms with van der Waals surface area (Å²) in [7, 11) is 0. The Labute approximate surface area is 153 Å². The highest BCUT2D eigenvalue weighted by molar-refractivity contribution is 5.92. The molecular weight excluding hydrogens is 330 g/mol. The van der Waals surface area contributed by atoms with E-state index < -0.39 is 12.1 Å². The van der Waals surface area contributed by atoms with Crippen molar-refractivity contribution in [3.8, 4) is 5.69 Å². The van der Waals surface area contributed by atoms with Crippen LogP contribution in [0.15, 0.2) is 30.3 Å². The van der Waals surface area contributed by atoms with Crippen LogP contribution >= 0.6 is 0 Å². The third-order valence-electron chi connectivity index (χ3n) is 4.28. The first-order valence-electron chi connectivity index (χ1n) is 8.95. The number of carbonyl (C=O) groups is 2. The summed E-state index contributed by atoms with van der Waals surface area (Å²) in [5.74, 6) is -0.862. The Morgan fingerprint density at radius 1 is 1.19 bits per heavy atom. The fourth-order valence-electron chi connectivity index (χ4n) is 3.13. The first kappa shape index (κ1) is 18.2. The number of nitrogens with one attached hydrogen (secondary N) is 1. The minimum Gasteiger partial charge on any atom is -0.448 e. The minimum atomic E-state index is -0.874. The molecule has 1 heterocycles. The molecule has 138 valence electrons. The van der Waals surface area contributed by atoms with Gasteiger partial charge in [-0.1, -0.05) is 18.2 Å². The number of nitrogens with zero attached hydrogens (tertiary/aromatic N) is 2. The summed E-state index contributed by atoms with van der Waals surface area (Å²) in [5, 5.41) is 7.32. The highest BCUT2D eigenvalue weighted by atomic mass is 16.5.